The fourth-order valence-electron chi connectivity index (χ4n) is 5.57. The summed E-state index contributed by atoms with van der Waals surface area (Å²) >= 11 is 0. The third kappa shape index (κ3) is 43.3. The van der Waals surface area contributed by atoms with Crippen molar-refractivity contribution in [3.8, 4) is 0 Å². The Bertz CT molecular complexity index is 1150. The van der Waals surface area contributed by atoms with Gasteiger partial charge < -0.3 is 14.2 Å². The highest BCUT2D eigenvalue weighted by Gasteiger charge is 2.17. The lowest BCUT2D eigenvalue weighted by atomic mass is 10.1. The van der Waals surface area contributed by atoms with Gasteiger partial charge in [0.15, 0.2) is 6.10 Å². The molecule has 56 heavy (non-hydrogen) atoms. The molecule has 0 saturated carbocycles. The van der Waals surface area contributed by atoms with Crippen LogP contribution in [0, 0.1) is 0 Å². The topological polar surface area (TPSA) is 61.8 Å². The second-order valence-electron chi connectivity index (χ2n) is 14.2. The van der Waals surface area contributed by atoms with Crippen LogP contribution in [-0.2, 0) is 23.8 Å². The van der Waals surface area contributed by atoms with Gasteiger partial charge in [0.05, 0.1) is 13.0 Å². The van der Waals surface area contributed by atoms with Crippen molar-refractivity contribution in [2.45, 2.75) is 181 Å². The molecule has 0 saturated heterocycles. The van der Waals surface area contributed by atoms with Crippen molar-refractivity contribution in [1.82, 2.24) is 0 Å². The Balaban J connectivity index is 4.44. The minimum atomic E-state index is -0.595. The largest absolute Gasteiger partial charge is 0.461 e. The number of rotatable bonds is 39. The molecular formula is C51H82O5. The fraction of sp³-hybridized carbons (Fsp3) is 0.608. The van der Waals surface area contributed by atoms with Crippen molar-refractivity contribution in [3.63, 3.8) is 0 Å². The number of esters is 2. The van der Waals surface area contributed by atoms with Crippen molar-refractivity contribution in [2.75, 3.05) is 19.8 Å². The van der Waals surface area contributed by atoms with Gasteiger partial charge in [-0.2, -0.15) is 0 Å². The zero-order chi connectivity index (χ0) is 40.7. The SMILES string of the molecule is CC/C=C\C/C=C\C/C=C\C/C=C\C/C=C\CC(=O)OCC(COCCCCC/C=C\C/C=C\C/C=C\C/C=C\CC)OC(=O)CCCCCCCCCCC. The van der Waals surface area contributed by atoms with E-state index in [0.717, 1.165) is 103 Å². The summed E-state index contributed by atoms with van der Waals surface area (Å²) in [6.45, 7) is 7.38. The lowest BCUT2D eigenvalue weighted by Gasteiger charge is -2.18. The van der Waals surface area contributed by atoms with E-state index in [4.69, 9.17) is 14.2 Å². The van der Waals surface area contributed by atoms with Gasteiger partial charge in [0.25, 0.3) is 0 Å². The first-order valence-corrected chi connectivity index (χ1v) is 22.4. The van der Waals surface area contributed by atoms with Crippen LogP contribution in [0.5, 0.6) is 0 Å². The average molecular weight is 775 g/mol. The second kappa shape index (κ2) is 45.9. The van der Waals surface area contributed by atoms with E-state index in [1.807, 2.05) is 12.2 Å². The van der Waals surface area contributed by atoms with Crippen LogP contribution in [0.25, 0.3) is 0 Å². The predicted octanol–water partition coefficient (Wildman–Crippen LogP) is 14.9. The molecule has 5 nitrogen and oxygen atoms in total. The predicted molar refractivity (Wildman–Crippen MR) is 242 cm³/mol. The maximum Gasteiger partial charge on any atom is 0.309 e. The van der Waals surface area contributed by atoms with Gasteiger partial charge >= 0.3 is 11.9 Å². The molecule has 0 amide bonds. The first kappa shape index (κ1) is 52.6. The molecule has 0 aliphatic rings. The molecule has 0 heterocycles. The molecule has 0 aromatic rings. The Morgan fingerprint density at radius 2 is 0.857 bits per heavy atom. The van der Waals surface area contributed by atoms with E-state index < -0.39 is 6.10 Å². The van der Waals surface area contributed by atoms with Crippen LogP contribution < -0.4 is 0 Å². The second-order valence-corrected chi connectivity index (χ2v) is 14.2. The van der Waals surface area contributed by atoms with E-state index in [-0.39, 0.29) is 31.6 Å². The maximum atomic E-state index is 12.7. The summed E-state index contributed by atoms with van der Waals surface area (Å²) in [6, 6.07) is 0. The molecule has 0 bridgehead atoms. The standard InChI is InChI=1S/C51H82O5/c1-4-7-10-13-16-19-21-23-25-27-29-31-34-37-40-43-46-54-47-49(56-51(53)45-42-39-36-32-18-15-12-9-6-3)48-55-50(52)44-41-38-35-33-30-28-26-24-22-20-17-14-11-8-5-2/h7-8,10-11,16-17,19-20,23-26,29-31,33,38,41,49H,4-6,9,12-15,18,21-22,27-28,32,34-37,39-40,42-48H2,1-3H3/b10-7-,11-8-,19-16-,20-17-,25-23-,26-24-,31-29-,33-30-,41-38-. The van der Waals surface area contributed by atoms with Gasteiger partial charge in [-0.3, -0.25) is 9.59 Å². The number of hydrogen-bond acceptors (Lipinski definition) is 5. The van der Waals surface area contributed by atoms with Gasteiger partial charge in [0, 0.05) is 13.0 Å². The minimum Gasteiger partial charge on any atom is -0.461 e. The third-order valence-corrected chi connectivity index (χ3v) is 8.84. The molecule has 0 aliphatic carbocycles. The van der Waals surface area contributed by atoms with Gasteiger partial charge in [0.2, 0.25) is 0 Å². The highest BCUT2D eigenvalue weighted by molar-refractivity contribution is 5.71. The third-order valence-electron chi connectivity index (χ3n) is 8.84. The quantitative estimate of drug-likeness (QED) is 0.0354. The summed E-state index contributed by atoms with van der Waals surface area (Å²) < 4.78 is 17.1. The zero-order valence-corrected chi connectivity index (χ0v) is 36.1. The molecule has 1 atom stereocenters. The molecule has 0 rings (SSSR count). The first-order chi connectivity index (χ1) is 27.6. The number of allylic oxidation sites excluding steroid dienone is 17. The number of hydrogen-bond donors (Lipinski definition) is 0. The summed E-state index contributed by atoms with van der Waals surface area (Å²) in [5.41, 5.74) is 0. The van der Waals surface area contributed by atoms with Crippen LogP contribution in [0.1, 0.15) is 175 Å². The highest BCUT2D eigenvalue weighted by Crippen LogP contribution is 2.12. The Labute approximate surface area is 344 Å². The molecule has 0 aliphatic heterocycles. The van der Waals surface area contributed by atoms with Crippen LogP contribution in [0.15, 0.2) is 109 Å². The summed E-state index contributed by atoms with van der Waals surface area (Å²) in [7, 11) is 0. The van der Waals surface area contributed by atoms with Crippen LogP contribution >= 0.6 is 0 Å². The molecule has 0 aromatic carbocycles. The minimum absolute atomic E-state index is 0.0128. The van der Waals surface area contributed by atoms with Crippen molar-refractivity contribution in [2.24, 2.45) is 0 Å². The monoisotopic (exact) mass is 775 g/mol. The average Bonchev–Trinajstić information content (AvgIpc) is 3.20. The van der Waals surface area contributed by atoms with Crippen LogP contribution in [0.2, 0.25) is 0 Å². The molecule has 0 fully saturated rings. The van der Waals surface area contributed by atoms with E-state index in [1.165, 1.54) is 38.5 Å². The van der Waals surface area contributed by atoms with E-state index in [1.54, 1.807) is 0 Å². The molecule has 0 aromatic heterocycles. The summed E-state index contributed by atoms with van der Waals surface area (Å²) in [4.78, 5) is 25.1. The Kier molecular flexibility index (Phi) is 43.1. The van der Waals surface area contributed by atoms with Crippen molar-refractivity contribution in [3.05, 3.63) is 109 Å². The molecule has 316 valence electrons. The van der Waals surface area contributed by atoms with E-state index in [9.17, 15) is 9.59 Å². The molecule has 0 N–H and O–H groups in total. The van der Waals surface area contributed by atoms with Gasteiger partial charge in [-0.05, 0) is 83.5 Å². The fourth-order valence-corrected chi connectivity index (χ4v) is 5.57. The molecular weight excluding hydrogens is 693 g/mol. The summed E-state index contributed by atoms with van der Waals surface area (Å²) in [6.07, 6.45) is 62.6. The van der Waals surface area contributed by atoms with E-state index in [2.05, 4.69) is 118 Å². The van der Waals surface area contributed by atoms with Gasteiger partial charge in [-0.1, -0.05) is 188 Å². The first-order valence-electron chi connectivity index (χ1n) is 22.4. The lowest BCUT2D eigenvalue weighted by molar-refractivity contribution is -0.162. The van der Waals surface area contributed by atoms with Crippen LogP contribution in [0.4, 0.5) is 0 Å². The Hall–Kier alpha value is -3.44. The smallest absolute Gasteiger partial charge is 0.309 e. The number of ether oxygens (including phenoxy) is 3. The van der Waals surface area contributed by atoms with Crippen LogP contribution in [-0.4, -0.2) is 37.9 Å². The molecule has 0 spiro atoms. The highest BCUT2D eigenvalue weighted by atomic mass is 16.6. The van der Waals surface area contributed by atoms with Crippen molar-refractivity contribution < 1.29 is 23.8 Å². The van der Waals surface area contributed by atoms with Crippen LogP contribution in [0.3, 0.4) is 0 Å². The normalized spacial score (nSPS) is 13.3. The zero-order valence-electron chi connectivity index (χ0n) is 36.1. The summed E-state index contributed by atoms with van der Waals surface area (Å²) in [5, 5.41) is 0. The van der Waals surface area contributed by atoms with Gasteiger partial charge in [-0.15, -0.1) is 0 Å². The number of carbonyl (C=O) groups excluding carboxylic acids is 2. The Morgan fingerprint density at radius 1 is 0.429 bits per heavy atom. The number of unbranched alkanes of at least 4 members (excludes halogenated alkanes) is 11. The Morgan fingerprint density at radius 3 is 1.36 bits per heavy atom. The van der Waals surface area contributed by atoms with Gasteiger partial charge in [-0.25, -0.2) is 0 Å². The lowest BCUT2D eigenvalue weighted by Crippen LogP contribution is -2.30. The molecule has 5 heteroatoms. The molecule has 1 unspecified atom stereocenters. The van der Waals surface area contributed by atoms with Crippen molar-refractivity contribution >= 4 is 11.9 Å². The van der Waals surface area contributed by atoms with E-state index >= 15 is 0 Å². The van der Waals surface area contributed by atoms with Crippen molar-refractivity contribution in [1.29, 1.82) is 0 Å². The van der Waals surface area contributed by atoms with Gasteiger partial charge in [0.1, 0.15) is 6.61 Å². The summed E-state index contributed by atoms with van der Waals surface area (Å²) in [5.74, 6) is -0.574. The maximum absolute atomic E-state index is 12.7. The number of carbonyl (C=O) groups is 2. The van der Waals surface area contributed by atoms with E-state index in [0.29, 0.717) is 13.0 Å². The molecule has 0 radical (unpaired) electrons.